The number of rotatable bonds is 6. The average molecular weight is 398 g/mol. The van der Waals surface area contributed by atoms with Crippen LogP contribution < -0.4 is 4.74 Å². The molecule has 2 heterocycles. The van der Waals surface area contributed by atoms with Crippen molar-refractivity contribution in [1.29, 1.82) is 0 Å². The number of thioether (sulfide) groups is 1. The number of methoxy groups -OCH3 is 1. The number of ether oxygens (including phenoxy) is 1. The molecule has 136 valence electrons. The number of hydrogen-bond acceptors (Lipinski definition) is 5. The van der Waals surface area contributed by atoms with Gasteiger partial charge in [0.25, 0.3) is 0 Å². The fraction of sp³-hybridized carbons (Fsp3) is 0.100. The van der Waals surface area contributed by atoms with E-state index in [1.807, 2.05) is 65.2 Å². The minimum Gasteiger partial charge on any atom is -0.495 e. The van der Waals surface area contributed by atoms with Crippen LogP contribution in [-0.2, 0) is 5.75 Å². The van der Waals surface area contributed by atoms with Crippen molar-refractivity contribution in [3.63, 3.8) is 0 Å². The van der Waals surface area contributed by atoms with Crippen LogP contribution in [0.5, 0.6) is 5.75 Å². The molecule has 0 unspecified atom stereocenters. The monoisotopic (exact) mass is 397 g/mol. The van der Waals surface area contributed by atoms with Gasteiger partial charge in [-0.25, -0.2) is 0 Å². The number of hydrogen-bond donors (Lipinski definition) is 0. The summed E-state index contributed by atoms with van der Waals surface area (Å²) in [6.07, 6.45) is 1.62. The average Bonchev–Trinajstić information content (AvgIpc) is 3.37. The van der Waals surface area contributed by atoms with Crippen LogP contribution in [0.15, 0.2) is 76.5 Å². The van der Waals surface area contributed by atoms with Crippen LogP contribution in [0, 0.1) is 0 Å². The summed E-state index contributed by atoms with van der Waals surface area (Å²) in [6.45, 7) is 0. The summed E-state index contributed by atoms with van der Waals surface area (Å²) in [5.74, 6) is 2.65. The third-order valence-electron chi connectivity index (χ3n) is 4.02. The highest BCUT2D eigenvalue weighted by molar-refractivity contribution is 7.98. The lowest BCUT2D eigenvalue weighted by Gasteiger charge is -2.13. The summed E-state index contributed by atoms with van der Waals surface area (Å²) in [4.78, 5) is 0. The molecule has 2 aromatic heterocycles. The Morgan fingerprint density at radius 2 is 1.85 bits per heavy atom. The molecule has 0 spiro atoms. The highest BCUT2D eigenvalue weighted by Gasteiger charge is 2.20. The molecule has 7 heteroatoms. The van der Waals surface area contributed by atoms with Crippen molar-refractivity contribution in [2.24, 2.45) is 0 Å². The Balaban J connectivity index is 1.77. The molecule has 0 saturated heterocycles. The van der Waals surface area contributed by atoms with Gasteiger partial charge in [0.15, 0.2) is 10.9 Å². The van der Waals surface area contributed by atoms with Gasteiger partial charge in [-0.2, -0.15) is 0 Å². The molecule has 0 aliphatic heterocycles. The predicted molar refractivity (Wildman–Crippen MR) is 107 cm³/mol. The topological polar surface area (TPSA) is 53.1 Å². The molecule has 4 aromatic rings. The molecule has 0 N–H and O–H groups in total. The molecule has 0 fully saturated rings. The molecule has 0 amide bonds. The minimum atomic E-state index is 0.617. The molecule has 5 nitrogen and oxygen atoms in total. The molecule has 0 radical (unpaired) electrons. The number of aromatic nitrogens is 3. The molecule has 0 atom stereocenters. The maximum absolute atomic E-state index is 6.29. The van der Waals surface area contributed by atoms with Crippen LogP contribution in [0.4, 0.5) is 0 Å². The van der Waals surface area contributed by atoms with E-state index in [-0.39, 0.29) is 0 Å². The second kappa shape index (κ2) is 7.90. The maximum Gasteiger partial charge on any atom is 0.205 e. The first-order chi connectivity index (χ1) is 13.3. The van der Waals surface area contributed by atoms with Gasteiger partial charge in [-0.05, 0) is 35.9 Å². The van der Waals surface area contributed by atoms with Gasteiger partial charge < -0.3 is 9.15 Å². The number of para-hydroxylation sites is 2. The molecule has 0 aliphatic carbocycles. The molecule has 2 aromatic carbocycles. The van der Waals surface area contributed by atoms with E-state index >= 15 is 0 Å². The van der Waals surface area contributed by atoms with Crippen molar-refractivity contribution in [3.8, 4) is 23.0 Å². The Morgan fingerprint density at radius 3 is 2.63 bits per heavy atom. The smallest absolute Gasteiger partial charge is 0.205 e. The number of benzene rings is 2. The number of halogens is 1. The predicted octanol–water partition coefficient (Wildman–Crippen LogP) is 5.48. The van der Waals surface area contributed by atoms with E-state index in [0.29, 0.717) is 17.3 Å². The van der Waals surface area contributed by atoms with Crippen LogP contribution in [0.3, 0.4) is 0 Å². The number of nitrogens with zero attached hydrogens (tertiary/aromatic N) is 3. The normalized spacial score (nSPS) is 10.9. The van der Waals surface area contributed by atoms with Crippen molar-refractivity contribution >= 4 is 23.4 Å². The van der Waals surface area contributed by atoms with Crippen molar-refractivity contribution in [2.75, 3.05) is 7.11 Å². The largest absolute Gasteiger partial charge is 0.495 e. The first-order valence-electron chi connectivity index (χ1n) is 8.27. The molecule has 0 bridgehead atoms. The van der Waals surface area contributed by atoms with Gasteiger partial charge in [0.1, 0.15) is 5.75 Å². The Kier molecular flexibility index (Phi) is 5.18. The van der Waals surface area contributed by atoms with Gasteiger partial charge in [0.2, 0.25) is 5.82 Å². The quantitative estimate of drug-likeness (QED) is 0.403. The van der Waals surface area contributed by atoms with E-state index < -0.39 is 0 Å². The first kappa shape index (κ1) is 17.7. The third-order valence-corrected chi connectivity index (χ3v) is 5.36. The number of furan rings is 1. The van der Waals surface area contributed by atoms with E-state index in [2.05, 4.69) is 10.2 Å². The zero-order chi connectivity index (χ0) is 18.6. The van der Waals surface area contributed by atoms with E-state index in [0.717, 1.165) is 27.2 Å². The summed E-state index contributed by atoms with van der Waals surface area (Å²) in [5.41, 5.74) is 1.89. The van der Waals surface area contributed by atoms with Crippen LogP contribution in [-0.4, -0.2) is 21.9 Å². The lowest BCUT2D eigenvalue weighted by molar-refractivity contribution is 0.412. The van der Waals surface area contributed by atoms with E-state index in [4.69, 9.17) is 20.8 Å². The lowest BCUT2D eigenvalue weighted by Crippen LogP contribution is -2.02. The van der Waals surface area contributed by atoms with Gasteiger partial charge in [0, 0.05) is 10.8 Å². The Hall–Kier alpha value is -2.70. The van der Waals surface area contributed by atoms with Crippen LogP contribution in [0.2, 0.25) is 5.02 Å². The summed E-state index contributed by atoms with van der Waals surface area (Å²) >= 11 is 7.84. The standard InChI is InChI=1S/C20H16ClN3O2S/c1-25-17-10-5-4-9-16(17)24-19(18-11-6-12-26-18)22-23-20(24)27-13-14-7-2-3-8-15(14)21/h2-12H,13H2,1H3. The molecule has 27 heavy (non-hydrogen) atoms. The summed E-state index contributed by atoms with van der Waals surface area (Å²) < 4.78 is 13.0. The minimum absolute atomic E-state index is 0.617. The van der Waals surface area contributed by atoms with E-state index in [1.165, 1.54) is 0 Å². The Bertz CT molecular complexity index is 1050. The highest BCUT2D eigenvalue weighted by atomic mass is 35.5. The first-order valence-corrected chi connectivity index (χ1v) is 9.63. The second-order valence-electron chi connectivity index (χ2n) is 5.67. The molecular weight excluding hydrogens is 382 g/mol. The van der Waals surface area contributed by atoms with Gasteiger partial charge >= 0.3 is 0 Å². The summed E-state index contributed by atoms with van der Waals surface area (Å²) in [7, 11) is 1.65. The van der Waals surface area contributed by atoms with E-state index in [9.17, 15) is 0 Å². The molecule has 0 saturated carbocycles. The Morgan fingerprint density at radius 1 is 1.04 bits per heavy atom. The Labute approximate surface area is 165 Å². The molecular formula is C20H16ClN3O2S. The summed E-state index contributed by atoms with van der Waals surface area (Å²) in [5, 5.41) is 10.2. The van der Waals surface area contributed by atoms with Crippen molar-refractivity contribution in [1.82, 2.24) is 14.8 Å². The van der Waals surface area contributed by atoms with Gasteiger partial charge in [-0.1, -0.05) is 53.7 Å². The van der Waals surface area contributed by atoms with Gasteiger partial charge in [0.05, 0.1) is 19.1 Å². The zero-order valence-electron chi connectivity index (χ0n) is 14.5. The van der Waals surface area contributed by atoms with Crippen molar-refractivity contribution in [3.05, 3.63) is 77.5 Å². The van der Waals surface area contributed by atoms with Gasteiger partial charge in [-0.15, -0.1) is 10.2 Å². The van der Waals surface area contributed by atoms with Crippen molar-refractivity contribution < 1.29 is 9.15 Å². The molecule has 4 rings (SSSR count). The highest BCUT2D eigenvalue weighted by Crippen LogP contribution is 2.34. The zero-order valence-corrected chi connectivity index (χ0v) is 16.1. The van der Waals surface area contributed by atoms with Crippen molar-refractivity contribution in [2.45, 2.75) is 10.9 Å². The lowest BCUT2D eigenvalue weighted by atomic mass is 10.2. The third kappa shape index (κ3) is 3.59. The maximum atomic E-state index is 6.29. The SMILES string of the molecule is COc1ccccc1-n1c(SCc2ccccc2Cl)nnc1-c1ccco1. The van der Waals surface area contributed by atoms with Crippen LogP contribution in [0.25, 0.3) is 17.3 Å². The fourth-order valence-electron chi connectivity index (χ4n) is 2.72. The van der Waals surface area contributed by atoms with E-state index in [1.54, 1.807) is 25.1 Å². The van der Waals surface area contributed by atoms with Crippen LogP contribution >= 0.6 is 23.4 Å². The van der Waals surface area contributed by atoms with Crippen LogP contribution in [0.1, 0.15) is 5.56 Å². The van der Waals surface area contributed by atoms with Gasteiger partial charge in [-0.3, -0.25) is 4.57 Å². The summed E-state index contributed by atoms with van der Waals surface area (Å²) in [6, 6.07) is 19.2. The molecule has 0 aliphatic rings. The fourth-order valence-corrected chi connectivity index (χ4v) is 3.95. The second-order valence-corrected chi connectivity index (χ2v) is 7.02.